The minimum atomic E-state index is -0.106. The molecule has 0 aliphatic heterocycles. The number of hydrogen-bond acceptors (Lipinski definition) is 1. The monoisotopic (exact) mass is 450 g/mol. The maximum Gasteiger partial charge on any atom is 0.0657 e. The Morgan fingerprint density at radius 2 is 1.24 bits per heavy atom. The van der Waals surface area contributed by atoms with E-state index in [0.717, 1.165) is 25.2 Å². The van der Waals surface area contributed by atoms with Crippen molar-refractivity contribution in [1.82, 2.24) is 0 Å². The van der Waals surface area contributed by atoms with E-state index in [1.165, 1.54) is 35.1 Å². The number of unbranched alkanes of at least 4 members (excludes halogenated alkanes) is 1. The summed E-state index contributed by atoms with van der Waals surface area (Å²) in [6.45, 7) is 17.4. The molecule has 0 N–H and O–H groups in total. The Morgan fingerprint density at radius 3 is 1.79 bits per heavy atom. The van der Waals surface area contributed by atoms with Gasteiger partial charge in [0.2, 0.25) is 0 Å². The minimum absolute atomic E-state index is 0.106. The molecule has 1 heteroatoms. The van der Waals surface area contributed by atoms with Crippen molar-refractivity contribution in [3.8, 4) is 0 Å². The van der Waals surface area contributed by atoms with E-state index in [1.807, 2.05) is 0 Å². The molecule has 0 spiro atoms. The molecule has 184 valence electrons. The predicted octanol–water partition coefficient (Wildman–Crippen LogP) is 10.0. The highest BCUT2D eigenvalue weighted by molar-refractivity contribution is 5.30. The second-order valence-electron chi connectivity index (χ2n) is 9.74. The molecule has 33 heavy (non-hydrogen) atoms. The maximum atomic E-state index is 5.44. The van der Waals surface area contributed by atoms with Gasteiger partial charge >= 0.3 is 0 Å². The molecule has 0 rings (SSSR count). The van der Waals surface area contributed by atoms with Crippen LogP contribution in [0, 0.1) is 5.92 Å². The second-order valence-corrected chi connectivity index (χ2v) is 9.74. The van der Waals surface area contributed by atoms with Crippen LogP contribution < -0.4 is 0 Å². The largest absolute Gasteiger partial charge is 0.378 e. The number of rotatable bonds is 15. The van der Waals surface area contributed by atoms with Gasteiger partial charge in [0.05, 0.1) is 5.60 Å². The van der Waals surface area contributed by atoms with E-state index >= 15 is 0 Å². The van der Waals surface area contributed by atoms with E-state index in [-0.39, 0.29) is 5.60 Å². The van der Waals surface area contributed by atoms with Gasteiger partial charge in [-0.3, -0.25) is 0 Å². The molecule has 0 saturated carbocycles. The molecule has 0 aromatic heterocycles. The van der Waals surface area contributed by atoms with Gasteiger partial charge in [-0.15, -0.1) is 0 Å². The molecule has 0 aliphatic rings. The van der Waals surface area contributed by atoms with Crippen molar-refractivity contribution in [2.75, 3.05) is 7.11 Å². The minimum Gasteiger partial charge on any atom is -0.378 e. The van der Waals surface area contributed by atoms with Crippen LogP contribution in [-0.4, -0.2) is 12.7 Å². The first-order valence-corrected chi connectivity index (χ1v) is 12.5. The molecule has 1 nitrogen and oxygen atoms in total. The van der Waals surface area contributed by atoms with E-state index in [9.17, 15) is 0 Å². The van der Waals surface area contributed by atoms with Gasteiger partial charge in [-0.2, -0.15) is 0 Å². The van der Waals surface area contributed by atoms with Crippen molar-refractivity contribution in [3.05, 3.63) is 95.2 Å². The molecule has 1 unspecified atom stereocenters. The van der Waals surface area contributed by atoms with Crippen molar-refractivity contribution >= 4 is 0 Å². The topological polar surface area (TPSA) is 9.23 Å². The zero-order chi connectivity index (χ0) is 25.1. The third kappa shape index (κ3) is 19.1. The van der Waals surface area contributed by atoms with Crippen LogP contribution in [0.2, 0.25) is 0 Å². The molecule has 0 aromatic rings. The van der Waals surface area contributed by atoms with Crippen molar-refractivity contribution in [1.29, 1.82) is 0 Å². The smallest absolute Gasteiger partial charge is 0.0657 e. The number of allylic oxidation sites excluding steroid dienone is 15. The fourth-order valence-electron chi connectivity index (χ4n) is 2.84. The molecule has 1 atom stereocenters. The third-order valence-electron chi connectivity index (χ3n) is 5.69. The highest BCUT2D eigenvalue weighted by atomic mass is 16.5. The Morgan fingerprint density at radius 1 is 0.758 bits per heavy atom. The van der Waals surface area contributed by atoms with Gasteiger partial charge in [0, 0.05) is 7.11 Å². The molecular formula is C32H50O. The van der Waals surface area contributed by atoms with Gasteiger partial charge in [-0.05, 0) is 73.1 Å². The summed E-state index contributed by atoms with van der Waals surface area (Å²) in [5.74, 6) is 0.779. The summed E-state index contributed by atoms with van der Waals surface area (Å²) in [7, 11) is 1.76. The van der Waals surface area contributed by atoms with Crippen molar-refractivity contribution in [3.63, 3.8) is 0 Å². The van der Waals surface area contributed by atoms with E-state index in [1.54, 1.807) is 7.11 Å². The molecule has 0 saturated heterocycles. The van der Waals surface area contributed by atoms with Crippen LogP contribution in [0.15, 0.2) is 95.2 Å². The average molecular weight is 451 g/mol. The van der Waals surface area contributed by atoms with Gasteiger partial charge in [0.1, 0.15) is 0 Å². The van der Waals surface area contributed by atoms with Gasteiger partial charge < -0.3 is 4.74 Å². The molecule has 0 aromatic carbocycles. The van der Waals surface area contributed by atoms with Crippen molar-refractivity contribution in [2.45, 2.75) is 93.1 Å². The van der Waals surface area contributed by atoms with Gasteiger partial charge in [-0.1, -0.05) is 115 Å². The van der Waals surface area contributed by atoms with Crippen LogP contribution in [0.3, 0.4) is 0 Å². The first kappa shape index (κ1) is 30.9. The molecule has 0 aliphatic carbocycles. The van der Waals surface area contributed by atoms with Crippen LogP contribution in [0.5, 0.6) is 0 Å². The van der Waals surface area contributed by atoms with E-state index in [4.69, 9.17) is 4.74 Å². The summed E-state index contributed by atoms with van der Waals surface area (Å²) >= 11 is 0. The van der Waals surface area contributed by atoms with Crippen molar-refractivity contribution in [2.24, 2.45) is 5.92 Å². The molecular weight excluding hydrogens is 400 g/mol. The van der Waals surface area contributed by atoms with Gasteiger partial charge in [-0.25, -0.2) is 0 Å². The molecule has 0 radical (unpaired) electrons. The quantitative estimate of drug-likeness (QED) is 0.178. The van der Waals surface area contributed by atoms with Crippen LogP contribution >= 0.6 is 0 Å². The summed E-state index contributed by atoms with van der Waals surface area (Å²) in [6, 6.07) is 0. The number of hydrogen-bond donors (Lipinski definition) is 0. The summed E-state index contributed by atoms with van der Waals surface area (Å²) < 4.78 is 5.44. The lowest BCUT2D eigenvalue weighted by atomic mass is 10.0. The van der Waals surface area contributed by atoms with Crippen molar-refractivity contribution < 1.29 is 4.74 Å². The molecule has 0 bridgehead atoms. The van der Waals surface area contributed by atoms with E-state index in [2.05, 4.69) is 128 Å². The summed E-state index contributed by atoms with van der Waals surface area (Å²) in [5, 5.41) is 0. The number of methoxy groups -OCH3 is 1. The zero-order valence-electron chi connectivity index (χ0n) is 22.9. The first-order chi connectivity index (χ1) is 15.6. The van der Waals surface area contributed by atoms with Crippen LogP contribution in [-0.2, 0) is 4.74 Å². The third-order valence-corrected chi connectivity index (χ3v) is 5.69. The predicted molar refractivity (Wildman–Crippen MR) is 151 cm³/mol. The van der Waals surface area contributed by atoms with Crippen LogP contribution in [0.4, 0.5) is 0 Å². The average Bonchev–Trinajstić information content (AvgIpc) is 2.76. The summed E-state index contributed by atoms with van der Waals surface area (Å²) in [4.78, 5) is 0. The Hall–Kier alpha value is -2.12. The fourth-order valence-corrected chi connectivity index (χ4v) is 2.84. The Balaban J connectivity index is 4.48. The maximum absolute atomic E-state index is 5.44. The van der Waals surface area contributed by atoms with Crippen LogP contribution in [0.25, 0.3) is 0 Å². The lowest BCUT2D eigenvalue weighted by Crippen LogP contribution is -2.20. The lowest BCUT2D eigenvalue weighted by Gasteiger charge is -2.20. The van der Waals surface area contributed by atoms with E-state index < -0.39 is 0 Å². The normalized spacial score (nSPS) is 16.3. The fraction of sp³-hybridized carbons (Fsp3) is 0.500. The Kier molecular flexibility index (Phi) is 17.1. The Bertz CT molecular complexity index is 775. The van der Waals surface area contributed by atoms with Crippen LogP contribution in [0.1, 0.15) is 87.5 Å². The molecule has 0 heterocycles. The first-order valence-electron chi connectivity index (χ1n) is 12.5. The Labute approximate surface area is 206 Å². The summed E-state index contributed by atoms with van der Waals surface area (Å²) in [5.41, 5.74) is 5.03. The summed E-state index contributed by atoms with van der Waals surface area (Å²) in [6.07, 6.45) is 31.9. The SMILES string of the molecule is CCC(C)C/C=C/C(C)=C/CC\C=C(C)/C=C/C=C(C)/C=C/C=C(C)/C=C/CC(C)(C)OC. The highest BCUT2D eigenvalue weighted by Gasteiger charge is 2.12. The van der Waals surface area contributed by atoms with E-state index in [0.29, 0.717) is 0 Å². The molecule has 0 fully saturated rings. The lowest BCUT2D eigenvalue weighted by molar-refractivity contribution is 0.0255. The number of ether oxygens (including phenoxy) is 1. The van der Waals surface area contributed by atoms with Gasteiger partial charge in [0.15, 0.2) is 0 Å². The zero-order valence-corrected chi connectivity index (χ0v) is 22.9. The molecule has 0 amide bonds. The van der Waals surface area contributed by atoms with Gasteiger partial charge in [0.25, 0.3) is 0 Å². The standard InChI is InChI=1S/C32H50O/c1-10-27(2)19-13-20-28(3)17-11-12-18-29(4)21-14-22-30(5)23-15-24-31(6)25-16-26-32(7,8)33-9/h13-18,20-25,27H,10-12,19,26H2,1-9H3/b20-13+,21-14+,23-15+,25-16+,28-17+,29-18-,30-22+,31-24+. The second kappa shape index (κ2) is 18.3. The highest BCUT2D eigenvalue weighted by Crippen LogP contribution is 2.14.